The van der Waals surface area contributed by atoms with Crippen molar-refractivity contribution < 1.29 is 9.53 Å². The molecule has 0 aliphatic heterocycles. The lowest BCUT2D eigenvalue weighted by atomic mass is 10.2. The lowest BCUT2D eigenvalue weighted by Crippen LogP contribution is -2.18. The number of carbonyl (C=O) groups is 1. The number of rotatable bonds is 6. The molecule has 20 heavy (non-hydrogen) atoms. The van der Waals surface area contributed by atoms with Crippen LogP contribution in [0.15, 0.2) is 9.95 Å². The van der Waals surface area contributed by atoms with E-state index in [0.717, 1.165) is 18.2 Å². The van der Waals surface area contributed by atoms with E-state index >= 15 is 0 Å². The summed E-state index contributed by atoms with van der Waals surface area (Å²) in [5.74, 6) is -0.281. The monoisotopic (exact) mass is 295 g/mol. The van der Waals surface area contributed by atoms with Gasteiger partial charge >= 0.3 is 5.97 Å². The molecule has 0 unspecified atom stereocenters. The normalized spacial score (nSPS) is 11.7. The van der Waals surface area contributed by atoms with E-state index in [1.807, 2.05) is 26.8 Å². The quantitative estimate of drug-likeness (QED) is 0.487. The van der Waals surface area contributed by atoms with Gasteiger partial charge in [0.2, 0.25) is 0 Å². The molecular weight excluding hydrogens is 278 g/mol. The molecule has 0 spiro atoms. The van der Waals surface area contributed by atoms with Crippen molar-refractivity contribution in [3.05, 3.63) is 21.6 Å². The number of thioether (sulfide) groups is 1. The zero-order valence-corrected chi connectivity index (χ0v) is 12.5. The molecule has 0 aliphatic rings. The first kappa shape index (κ1) is 16.2. The van der Waals surface area contributed by atoms with Gasteiger partial charge in [0.1, 0.15) is 11.6 Å². The number of hydrogen-bond donors (Lipinski definition) is 1. The molecule has 0 radical (unpaired) electrons. The molecule has 1 heterocycles. The molecule has 1 aromatic rings. The highest BCUT2D eigenvalue weighted by molar-refractivity contribution is 7.99. The number of nitrogens with one attached hydrogen (secondary N) is 1. The fraction of sp³-hybridized carbons (Fsp3) is 0.538. The van der Waals surface area contributed by atoms with Gasteiger partial charge in [0.05, 0.1) is 17.6 Å². The van der Waals surface area contributed by atoms with E-state index in [9.17, 15) is 9.59 Å². The van der Waals surface area contributed by atoms with Crippen LogP contribution >= 0.6 is 11.8 Å². The number of esters is 1. The van der Waals surface area contributed by atoms with Gasteiger partial charge in [-0.25, -0.2) is 4.98 Å². The standard InChI is InChI=1S/C13H17N3O3S/c1-4-8(3)19-11(17)7-20-13-15-10(5-2)9(6-14)12(18)16-13/h8H,4-5,7H2,1-3H3,(H,15,16,18)/t8-/m0/s1. The average Bonchev–Trinajstić information content (AvgIpc) is 2.44. The molecule has 108 valence electrons. The Morgan fingerprint density at radius 3 is 2.80 bits per heavy atom. The molecule has 0 fully saturated rings. The van der Waals surface area contributed by atoms with Crippen molar-refractivity contribution in [1.82, 2.24) is 9.97 Å². The second-order valence-corrected chi connectivity index (χ2v) is 5.12. The summed E-state index contributed by atoms with van der Waals surface area (Å²) >= 11 is 1.09. The molecule has 0 bridgehead atoms. The molecule has 1 aromatic heterocycles. The fourth-order valence-corrected chi connectivity index (χ4v) is 2.07. The minimum absolute atomic E-state index is 0.0269. The van der Waals surface area contributed by atoms with Gasteiger partial charge in [-0.05, 0) is 19.8 Å². The number of ether oxygens (including phenoxy) is 1. The van der Waals surface area contributed by atoms with Crippen molar-refractivity contribution in [3.63, 3.8) is 0 Å². The summed E-state index contributed by atoms with van der Waals surface area (Å²) in [6.07, 6.45) is 1.11. The molecule has 1 rings (SSSR count). The first-order valence-electron chi connectivity index (χ1n) is 6.37. The topological polar surface area (TPSA) is 95.8 Å². The summed E-state index contributed by atoms with van der Waals surface area (Å²) in [5.41, 5.74) is -0.00906. The van der Waals surface area contributed by atoms with Crippen LogP contribution in [0.1, 0.15) is 38.4 Å². The number of H-pyrrole nitrogens is 1. The van der Waals surface area contributed by atoms with Crippen molar-refractivity contribution in [2.24, 2.45) is 0 Å². The van der Waals surface area contributed by atoms with Crippen LogP contribution in [0.2, 0.25) is 0 Å². The van der Waals surface area contributed by atoms with Crippen LogP contribution in [0.3, 0.4) is 0 Å². The van der Waals surface area contributed by atoms with Gasteiger partial charge < -0.3 is 9.72 Å². The lowest BCUT2D eigenvalue weighted by molar-refractivity contribution is -0.144. The van der Waals surface area contributed by atoms with Crippen LogP contribution in [-0.4, -0.2) is 27.8 Å². The molecule has 0 aliphatic carbocycles. The van der Waals surface area contributed by atoms with Crippen molar-refractivity contribution >= 4 is 17.7 Å². The molecule has 0 saturated heterocycles. The van der Waals surface area contributed by atoms with Crippen LogP contribution in [0.25, 0.3) is 0 Å². The Labute approximate surface area is 121 Å². The van der Waals surface area contributed by atoms with Crippen molar-refractivity contribution in [3.8, 4) is 6.07 Å². The highest BCUT2D eigenvalue weighted by Gasteiger charge is 2.13. The zero-order chi connectivity index (χ0) is 15.1. The van der Waals surface area contributed by atoms with Gasteiger partial charge in [-0.1, -0.05) is 25.6 Å². The number of aryl methyl sites for hydroxylation is 1. The van der Waals surface area contributed by atoms with E-state index < -0.39 is 5.56 Å². The highest BCUT2D eigenvalue weighted by atomic mass is 32.2. The summed E-state index contributed by atoms with van der Waals surface area (Å²) in [6, 6.07) is 1.83. The zero-order valence-electron chi connectivity index (χ0n) is 11.7. The summed E-state index contributed by atoms with van der Waals surface area (Å²) in [5, 5.41) is 9.20. The Kier molecular flexibility index (Phi) is 6.25. The number of hydrogen-bond acceptors (Lipinski definition) is 6. The minimum atomic E-state index is -0.475. The summed E-state index contributed by atoms with van der Waals surface area (Å²) < 4.78 is 5.12. The van der Waals surface area contributed by atoms with E-state index in [4.69, 9.17) is 10.00 Å². The van der Waals surface area contributed by atoms with E-state index in [2.05, 4.69) is 9.97 Å². The molecule has 7 heteroatoms. The van der Waals surface area contributed by atoms with Crippen LogP contribution in [0, 0.1) is 11.3 Å². The van der Waals surface area contributed by atoms with Crippen molar-refractivity contribution in [2.75, 3.05) is 5.75 Å². The Bertz CT molecular complexity index is 577. The summed E-state index contributed by atoms with van der Waals surface area (Å²) in [6.45, 7) is 5.56. The van der Waals surface area contributed by atoms with Gasteiger partial charge in [-0.15, -0.1) is 0 Å². The van der Waals surface area contributed by atoms with Gasteiger partial charge in [-0.3, -0.25) is 9.59 Å². The second kappa shape index (κ2) is 7.70. The van der Waals surface area contributed by atoms with Crippen molar-refractivity contribution in [2.45, 2.75) is 44.9 Å². The molecule has 1 N–H and O–H groups in total. The highest BCUT2D eigenvalue weighted by Crippen LogP contribution is 2.14. The lowest BCUT2D eigenvalue weighted by Gasteiger charge is -2.10. The second-order valence-electron chi connectivity index (χ2n) is 4.16. The molecule has 0 amide bonds. The first-order chi connectivity index (χ1) is 9.51. The maximum Gasteiger partial charge on any atom is 0.316 e. The largest absolute Gasteiger partial charge is 0.462 e. The van der Waals surface area contributed by atoms with E-state index in [0.29, 0.717) is 17.3 Å². The number of aromatic nitrogens is 2. The third-order valence-corrected chi connectivity index (χ3v) is 3.50. The van der Waals surface area contributed by atoms with Gasteiger partial charge in [0.25, 0.3) is 5.56 Å². The minimum Gasteiger partial charge on any atom is -0.462 e. The summed E-state index contributed by atoms with van der Waals surface area (Å²) in [4.78, 5) is 29.9. The van der Waals surface area contributed by atoms with Crippen LogP contribution < -0.4 is 5.56 Å². The average molecular weight is 295 g/mol. The van der Waals surface area contributed by atoms with Crippen LogP contribution in [-0.2, 0) is 16.0 Å². The smallest absolute Gasteiger partial charge is 0.316 e. The third-order valence-electron chi connectivity index (χ3n) is 2.65. The Morgan fingerprint density at radius 2 is 2.25 bits per heavy atom. The molecule has 0 aromatic carbocycles. The van der Waals surface area contributed by atoms with Gasteiger partial charge in [0.15, 0.2) is 5.16 Å². The summed E-state index contributed by atoms with van der Waals surface area (Å²) in [7, 11) is 0. The molecular formula is C13H17N3O3S. The van der Waals surface area contributed by atoms with Gasteiger partial charge in [0, 0.05) is 0 Å². The third kappa shape index (κ3) is 4.38. The Balaban J connectivity index is 2.75. The first-order valence-corrected chi connectivity index (χ1v) is 7.35. The molecule has 6 nitrogen and oxygen atoms in total. The maximum absolute atomic E-state index is 11.7. The van der Waals surface area contributed by atoms with E-state index in [1.165, 1.54) is 0 Å². The number of nitriles is 1. The number of aromatic amines is 1. The predicted molar refractivity (Wildman–Crippen MR) is 75.5 cm³/mol. The number of carbonyl (C=O) groups excluding carboxylic acids is 1. The number of nitrogens with zero attached hydrogens (tertiary/aromatic N) is 2. The van der Waals surface area contributed by atoms with Crippen molar-refractivity contribution in [1.29, 1.82) is 5.26 Å². The van der Waals surface area contributed by atoms with Crippen LogP contribution in [0.5, 0.6) is 0 Å². The Morgan fingerprint density at radius 1 is 1.55 bits per heavy atom. The van der Waals surface area contributed by atoms with Crippen LogP contribution in [0.4, 0.5) is 0 Å². The molecule has 1 atom stereocenters. The van der Waals surface area contributed by atoms with E-state index in [-0.39, 0.29) is 23.4 Å². The van der Waals surface area contributed by atoms with E-state index in [1.54, 1.807) is 0 Å². The maximum atomic E-state index is 11.7. The SMILES string of the molecule is CCc1nc(SCC(=O)O[C@@H](C)CC)[nH]c(=O)c1C#N. The van der Waals surface area contributed by atoms with Gasteiger partial charge in [-0.2, -0.15) is 5.26 Å². The predicted octanol–water partition coefficient (Wildman–Crippen LogP) is 1.64. The fourth-order valence-electron chi connectivity index (χ4n) is 1.41. The Hall–Kier alpha value is -1.81. The molecule has 0 saturated carbocycles.